The van der Waals surface area contributed by atoms with Gasteiger partial charge in [-0.3, -0.25) is 4.79 Å². The van der Waals surface area contributed by atoms with E-state index in [1.165, 1.54) is 22.0 Å². The maximum Gasteiger partial charge on any atom is 0.303 e. The van der Waals surface area contributed by atoms with Crippen LogP contribution in [-0.2, 0) is 17.6 Å². The highest BCUT2D eigenvalue weighted by Crippen LogP contribution is 2.23. The van der Waals surface area contributed by atoms with Crippen molar-refractivity contribution in [3.8, 4) is 0 Å². The molecule has 0 saturated heterocycles. The van der Waals surface area contributed by atoms with E-state index in [1.54, 1.807) is 0 Å². The molecule has 1 heterocycles. The zero-order chi connectivity index (χ0) is 12.3. The highest BCUT2D eigenvalue weighted by molar-refractivity contribution is 5.86. The van der Waals surface area contributed by atoms with E-state index in [0.29, 0.717) is 6.42 Å². The molecule has 0 bridgehead atoms. The van der Waals surface area contributed by atoms with E-state index in [9.17, 15) is 4.79 Å². The van der Waals surface area contributed by atoms with Crippen molar-refractivity contribution in [1.29, 1.82) is 0 Å². The van der Waals surface area contributed by atoms with Gasteiger partial charge in [-0.15, -0.1) is 0 Å². The third-order valence-electron chi connectivity index (χ3n) is 3.11. The minimum Gasteiger partial charge on any atom is -0.481 e. The van der Waals surface area contributed by atoms with E-state index >= 15 is 0 Å². The van der Waals surface area contributed by atoms with Gasteiger partial charge in [-0.2, -0.15) is 0 Å². The number of aromatic nitrogens is 1. The SMILES string of the molecule is CCc1cccc2c(CCCC(=O)O)c[nH]c12. The van der Waals surface area contributed by atoms with E-state index < -0.39 is 5.97 Å². The molecule has 0 unspecified atom stereocenters. The van der Waals surface area contributed by atoms with Crippen molar-refractivity contribution >= 4 is 16.9 Å². The van der Waals surface area contributed by atoms with E-state index in [2.05, 4.69) is 30.1 Å². The summed E-state index contributed by atoms with van der Waals surface area (Å²) in [7, 11) is 0. The van der Waals surface area contributed by atoms with Crippen molar-refractivity contribution < 1.29 is 9.90 Å². The molecule has 90 valence electrons. The fraction of sp³-hybridized carbons (Fsp3) is 0.357. The third kappa shape index (κ3) is 2.49. The maximum absolute atomic E-state index is 10.5. The van der Waals surface area contributed by atoms with Crippen molar-refractivity contribution in [2.75, 3.05) is 0 Å². The summed E-state index contributed by atoms with van der Waals surface area (Å²) in [6, 6.07) is 6.29. The van der Waals surface area contributed by atoms with Gasteiger partial charge in [0, 0.05) is 23.5 Å². The predicted molar refractivity (Wildman–Crippen MR) is 68.3 cm³/mol. The molecule has 2 aromatic rings. The average molecular weight is 231 g/mol. The predicted octanol–water partition coefficient (Wildman–Crippen LogP) is 3.14. The average Bonchev–Trinajstić information content (AvgIpc) is 2.72. The molecule has 0 amide bonds. The first-order valence-electron chi connectivity index (χ1n) is 6.02. The van der Waals surface area contributed by atoms with E-state index in [0.717, 1.165) is 12.8 Å². The molecular weight excluding hydrogens is 214 g/mol. The lowest BCUT2D eigenvalue weighted by Crippen LogP contribution is -1.95. The van der Waals surface area contributed by atoms with Crippen LogP contribution in [0.4, 0.5) is 0 Å². The molecule has 1 aromatic heterocycles. The van der Waals surface area contributed by atoms with Crippen molar-refractivity contribution in [3.05, 3.63) is 35.5 Å². The second-order valence-electron chi connectivity index (χ2n) is 4.25. The second kappa shape index (κ2) is 5.04. The first-order valence-corrected chi connectivity index (χ1v) is 6.02. The van der Waals surface area contributed by atoms with Gasteiger partial charge in [-0.25, -0.2) is 0 Å². The molecule has 3 heteroatoms. The monoisotopic (exact) mass is 231 g/mol. The highest BCUT2D eigenvalue weighted by Gasteiger charge is 2.06. The van der Waals surface area contributed by atoms with E-state index in [1.807, 2.05) is 6.20 Å². The molecule has 0 spiro atoms. The fourth-order valence-corrected chi connectivity index (χ4v) is 2.21. The van der Waals surface area contributed by atoms with Crippen molar-refractivity contribution in [2.45, 2.75) is 32.6 Å². The van der Waals surface area contributed by atoms with Gasteiger partial charge < -0.3 is 10.1 Å². The summed E-state index contributed by atoms with van der Waals surface area (Å²) in [4.78, 5) is 13.8. The van der Waals surface area contributed by atoms with Crippen LogP contribution < -0.4 is 0 Å². The number of hydrogen-bond donors (Lipinski definition) is 2. The summed E-state index contributed by atoms with van der Waals surface area (Å²) in [6.07, 6.45) is 4.76. The van der Waals surface area contributed by atoms with Crippen molar-refractivity contribution in [2.24, 2.45) is 0 Å². The number of carboxylic acid groups (broad SMARTS) is 1. The quantitative estimate of drug-likeness (QED) is 0.830. The van der Waals surface area contributed by atoms with Crippen LogP contribution in [0.1, 0.15) is 30.9 Å². The Balaban J connectivity index is 2.21. The van der Waals surface area contributed by atoms with Crippen molar-refractivity contribution in [1.82, 2.24) is 4.98 Å². The normalized spacial score (nSPS) is 10.9. The first-order chi connectivity index (χ1) is 8.22. The summed E-state index contributed by atoms with van der Waals surface area (Å²) in [6.45, 7) is 2.14. The van der Waals surface area contributed by atoms with Crippen LogP contribution in [0.5, 0.6) is 0 Å². The molecule has 0 aliphatic carbocycles. The standard InChI is InChI=1S/C14H17NO2/c1-2-10-5-3-7-12-11(9-15-14(10)12)6-4-8-13(16)17/h3,5,7,9,15H,2,4,6,8H2,1H3,(H,16,17). The largest absolute Gasteiger partial charge is 0.481 e. The number of aliphatic carboxylic acids is 1. The molecule has 17 heavy (non-hydrogen) atoms. The Labute approximate surface area is 100 Å². The topological polar surface area (TPSA) is 53.1 Å². The van der Waals surface area contributed by atoms with Gasteiger partial charge in [0.15, 0.2) is 0 Å². The van der Waals surface area contributed by atoms with Gasteiger partial charge in [-0.1, -0.05) is 25.1 Å². The van der Waals surface area contributed by atoms with E-state index in [-0.39, 0.29) is 6.42 Å². The molecule has 0 fully saturated rings. The third-order valence-corrected chi connectivity index (χ3v) is 3.11. The summed E-state index contributed by atoms with van der Waals surface area (Å²) < 4.78 is 0. The Hall–Kier alpha value is -1.77. The smallest absolute Gasteiger partial charge is 0.303 e. The number of carbonyl (C=O) groups is 1. The number of para-hydroxylation sites is 1. The maximum atomic E-state index is 10.5. The van der Waals surface area contributed by atoms with Crippen LogP contribution >= 0.6 is 0 Å². The Bertz CT molecular complexity index is 528. The van der Waals surface area contributed by atoms with Crippen LogP contribution in [0.2, 0.25) is 0 Å². The summed E-state index contributed by atoms with van der Waals surface area (Å²) in [5, 5.41) is 9.86. The molecule has 2 rings (SSSR count). The highest BCUT2D eigenvalue weighted by atomic mass is 16.4. The van der Waals surface area contributed by atoms with Gasteiger partial charge in [0.1, 0.15) is 0 Å². The van der Waals surface area contributed by atoms with Crippen LogP contribution in [0.3, 0.4) is 0 Å². The molecule has 2 N–H and O–H groups in total. The Morgan fingerprint density at radius 1 is 1.35 bits per heavy atom. The number of aromatic amines is 1. The Kier molecular flexibility index (Phi) is 3.47. The van der Waals surface area contributed by atoms with Crippen molar-refractivity contribution in [3.63, 3.8) is 0 Å². The summed E-state index contributed by atoms with van der Waals surface area (Å²) in [5.74, 6) is -0.723. The van der Waals surface area contributed by atoms with Gasteiger partial charge >= 0.3 is 5.97 Å². The number of hydrogen-bond acceptors (Lipinski definition) is 1. The molecule has 0 aliphatic rings. The zero-order valence-electron chi connectivity index (χ0n) is 9.99. The molecule has 0 aliphatic heterocycles. The van der Waals surface area contributed by atoms with Gasteiger partial charge in [-0.05, 0) is 30.4 Å². The zero-order valence-corrected chi connectivity index (χ0v) is 9.99. The van der Waals surface area contributed by atoms with Gasteiger partial charge in [0.2, 0.25) is 0 Å². The molecule has 1 aromatic carbocycles. The van der Waals surface area contributed by atoms with Crippen LogP contribution in [-0.4, -0.2) is 16.1 Å². The first kappa shape index (κ1) is 11.7. The lowest BCUT2D eigenvalue weighted by atomic mass is 10.0. The molecule has 3 nitrogen and oxygen atoms in total. The minimum atomic E-state index is -0.723. The number of rotatable bonds is 5. The van der Waals surface area contributed by atoms with Gasteiger partial charge in [0.25, 0.3) is 0 Å². The number of benzene rings is 1. The number of fused-ring (bicyclic) bond motifs is 1. The number of aryl methyl sites for hydroxylation is 2. The second-order valence-corrected chi connectivity index (χ2v) is 4.25. The molecule has 0 atom stereocenters. The fourth-order valence-electron chi connectivity index (χ4n) is 2.21. The number of H-pyrrole nitrogens is 1. The molecule has 0 radical (unpaired) electrons. The Morgan fingerprint density at radius 3 is 2.88 bits per heavy atom. The lowest BCUT2D eigenvalue weighted by Gasteiger charge is -2.00. The minimum absolute atomic E-state index is 0.236. The Morgan fingerprint density at radius 2 is 2.18 bits per heavy atom. The van der Waals surface area contributed by atoms with Crippen LogP contribution in [0, 0.1) is 0 Å². The van der Waals surface area contributed by atoms with Crippen LogP contribution in [0.15, 0.2) is 24.4 Å². The molecular formula is C14H17NO2. The van der Waals surface area contributed by atoms with Crippen LogP contribution in [0.25, 0.3) is 10.9 Å². The number of nitrogens with one attached hydrogen (secondary N) is 1. The van der Waals surface area contributed by atoms with E-state index in [4.69, 9.17) is 5.11 Å². The molecule has 0 saturated carbocycles. The van der Waals surface area contributed by atoms with Gasteiger partial charge in [0.05, 0.1) is 0 Å². The number of carboxylic acids is 1. The summed E-state index contributed by atoms with van der Waals surface area (Å²) >= 11 is 0. The lowest BCUT2D eigenvalue weighted by molar-refractivity contribution is -0.137. The summed E-state index contributed by atoms with van der Waals surface area (Å²) in [5.41, 5.74) is 3.73.